The lowest BCUT2D eigenvalue weighted by molar-refractivity contribution is 0.0695. The van der Waals surface area contributed by atoms with Crippen LogP contribution in [0.2, 0.25) is 0 Å². The minimum atomic E-state index is -1.40. The molecule has 0 fully saturated rings. The summed E-state index contributed by atoms with van der Waals surface area (Å²) in [4.78, 5) is 10.7. The van der Waals surface area contributed by atoms with Gasteiger partial charge in [-0.15, -0.1) is 0 Å². The first-order valence-corrected chi connectivity index (χ1v) is 5.45. The van der Waals surface area contributed by atoms with Gasteiger partial charge in [-0.3, -0.25) is 0 Å². The molecule has 0 aliphatic carbocycles. The van der Waals surface area contributed by atoms with Gasteiger partial charge >= 0.3 is 5.97 Å². The number of rotatable bonds is 3. The van der Waals surface area contributed by atoms with E-state index in [0.717, 1.165) is 12.1 Å². The molecule has 5 heteroatoms. The topological polar surface area (TPSA) is 46.5 Å². The number of halogens is 2. The molecule has 0 heterocycles. The fourth-order valence-corrected chi connectivity index (χ4v) is 1.56. The molecule has 98 valence electrons. The van der Waals surface area contributed by atoms with Crippen LogP contribution in [-0.2, 0) is 0 Å². The Balaban J connectivity index is 2.42. The summed E-state index contributed by atoms with van der Waals surface area (Å²) in [6.07, 6.45) is 0. The molecular weight excluding hydrogens is 254 g/mol. The number of carboxylic acid groups (broad SMARTS) is 1. The fourth-order valence-electron chi connectivity index (χ4n) is 1.56. The zero-order valence-electron chi connectivity index (χ0n) is 9.98. The first kappa shape index (κ1) is 13.0. The number of para-hydroxylation sites is 1. The highest BCUT2D eigenvalue weighted by Crippen LogP contribution is 2.30. The Bertz CT molecular complexity index is 615. The van der Waals surface area contributed by atoms with E-state index in [0.29, 0.717) is 11.3 Å². The van der Waals surface area contributed by atoms with Crippen molar-refractivity contribution in [1.82, 2.24) is 0 Å². The van der Waals surface area contributed by atoms with Gasteiger partial charge in [-0.05, 0) is 30.7 Å². The molecule has 1 N–H and O–H groups in total. The van der Waals surface area contributed by atoms with Gasteiger partial charge in [0.15, 0.2) is 17.4 Å². The average Bonchev–Trinajstić information content (AvgIpc) is 2.35. The van der Waals surface area contributed by atoms with Crippen LogP contribution in [0, 0.1) is 18.6 Å². The van der Waals surface area contributed by atoms with E-state index in [1.165, 1.54) is 0 Å². The third-order valence-electron chi connectivity index (χ3n) is 2.55. The number of carboxylic acids is 1. The van der Waals surface area contributed by atoms with Crippen LogP contribution in [0.3, 0.4) is 0 Å². The SMILES string of the molecule is Cc1ccccc1Oc1c(F)cc(C(=O)O)cc1F. The van der Waals surface area contributed by atoms with Gasteiger partial charge in [-0.1, -0.05) is 18.2 Å². The number of benzene rings is 2. The van der Waals surface area contributed by atoms with Gasteiger partial charge < -0.3 is 9.84 Å². The van der Waals surface area contributed by atoms with Gasteiger partial charge in [0, 0.05) is 0 Å². The molecule has 0 radical (unpaired) electrons. The van der Waals surface area contributed by atoms with Crippen molar-refractivity contribution in [1.29, 1.82) is 0 Å². The van der Waals surface area contributed by atoms with Crippen LogP contribution in [0.1, 0.15) is 15.9 Å². The van der Waals surface area contributed by atoms with E-state index in [4.69, 9.17) is 9.84 Å². The first-order valence-electron chi connectivity index (χ1n) is 5.45. The predicted molar refractivity (Wildman–Crippen MR) is 64.6 cm³/mol. The Hall–Kier alpha value is -2.43. The molecule has 0 bridgehead atoms. The highest BCUT2D eigenvalue weighted by atomic mass is 19.1. The van der Waals surface area contributed by atoms with Gasteiger partial charge in [-0.2, -0.15) is 0 Å². The van der Waals surface area contributed by atoms with Crippen molar-refractivity contribution in [2.45, 2.75) is 6.92 Å². The number of aromatic carboxylic acids is 1. The van der Waals surface area contributed by atoms with E-state index >= 15 is 0 Å². The van der Waals surface area contributed by atoms with E-state index in [-0.39, 0.29) is 0 Å². The minimum absolute atomic E-state index is 0.309. The second-order valence-electron chi connectivity index (χ2n) is 3.94. The second kappa shape index (κ2) is 5.06. The number of hydrogen-bond donors (Lipinski definition) is 1. The normalized spacial score (nSPS) is 10.3. The Morgan fingerprint density at radius 3 is 2.26 bits per heavy atom. The van der Waals surface area contributed by atoms with Crippen LogP contribution in [0.15, 0.2) is 36.4 Å². The molecule has 0 aromatic heterocycles. The van der Waals surface area contributed by atoms with E-state index in [1.54, 1.807) is 31.2 Å². The maximum absolute atomic E-state index is 13.7. The van der Waals surface area contributed by atoms with E-state index < -0.39 is 28.9 Å². The number of ether oxygens (including phenoxy) is 1. The lowest BCUT2D eigenvalue weighted by atomic mass is 10.2. The molecule has 0 amide bonds. The lowest BCUT2D eigenvalue weighted by Gasteiger charge is -2.10. The van der Waals surface area contributed by atoms with Crippen molar-refractivity contribution in [3.63, 3.8) is 0 Å². The van der Waals surface area contributed by atoms with Crippen molar-refractivity contribution in [3.8, 4) is 11.5 Å². The molecule has 0 spiro atoms. The van der Waals surface area contributed by atoms with Crippen molar-refractivity contribution in [2.75, 3.05) is 0 Å². The largest absolute Gasteiger partial charge is 0.478 e. The van der Waals surface area contributed by atoms with Crippen molar-refractivity contribution in [3.05, 3.63) is 59.2 Å². The van der Waals surface area contributed by atoms with Crippen molar-refractivity contribution >= 4 is 5.97 Å². The zero-order valence-corrected chi connectivity index (χ0v) is 9.98. The Morgan fingerprint density at radius 2 is 1.74 bits per heavy atom. The van der Waals surface area contributed by atoms with Gasteiger partial charge in [0.05, 0.1) is 5.56 Å². The van der Waals surface area contributed by atoms with Crippen LogP contribution in [0.5, 0.6) is 11.5 Å². The van der Waals surface area contributed by atoms with Crippen molar-refractivity contribution < 1.29 is 23.4 Å². The van der Waals surface area contributed by atoms with E-state index in [1.807, 2.05) is 0 Å². The smallest absolute Gasteiger partial charge is 0.335 e. The molecule has 0 aliphatic rings. The quantitative estimate of drug-likeness (QED) is 0.918. The summed E-state index contributed by atoms with van der Waals surface area (Å²) in [5.41, 5.74) is 0.246. The summed E-state index contributed by atoms with van der Waals surface area (Å²) in [7, 11) is 0. The average molecular weight is 264 g/mol. The Kier molecular flexibility index (Phi) is 3.46. The number of carbonyl (C=O) groups is 1. The lowest BCUT2D eigenvalue weighted by Crippen LogP contribution is -2.01. The van der Waals surface area contributed by atoms with E-state index in [9.17, 15) is 13.6 Å². The maximum atomic E-state index is 13.7. The van der Waals surface area contributed by atoms with Crippen LogP contribution in [-0.4, -0.2) is 11.1 Å². The summed E-state index contributed by atoms with van der Waals surface area (Å²) in [6, 6.07) is 8.18. The predicted octanol–water partition coefficient (Wildman–Crippen LogP) is 3.76. The monoisotopic (exact) mass is 264 g/mol. The molecule has 2 aromatic carbocycles. The summed E-state index contributed by atoms with van der Waals surface area (Å²) in [5.74, 6) is -3.82. The summed E-state index contributed by atoms with van der Waals surface area (Å²) >= 11 is 0. The van der Waals surface area contributed by atoms with E-state index in [2.05, 4.69) is 0 Å². The van der Waals surface area contributed by atoms with Crippen LogP contribution in [0.25, 0.3) is 0 Å². The third-order valence-corrected chi connectivity index (χ3v) is 2.55. The van der Waals surface area contributed by atoms with Gasteiger partial charge in [0.2, 0.25) is 0 Å². The van der Waals surface area contributed by atoms with Crippen molar-refractivity contribution in [2.24, 2.45) is 0 Å². The Labute approximate surface area is 108 Å². The first-order chi connectivity index (χ1) is 8.99. The van der Waals surface area contributed by atoms with Crippen LogP contribution < -0.4 is 4.74 Å². The molecule has 0 unspecified atom stereocenters. The van der Waals surface area contributed by atoms with Gasteiger partial charge in [0.1, 0.15) is 5.75 Å². The number of hydrogen-bond acceptors (Lipinski definition) is 2. The molecular formula is C14H10F2O3. The molecule has 0 saturated carbocycles. The zero-order chi connectivity index (χ0) is 14.0. The second-order valence-corrected chi connectivity index (χ2v) is 3.94. The molecule has 0 saturated heterocycles. The molecule has 3 nitrogen and oxygen atoms in total. The van der Waals surface area contributed by atoms with Crippen LogP contribution in [0.4, 0.5) is 8.78 Å². The molecule has 0 aliphatic heterocycles. The molecule has 2 rings (SSSR count). The summed E-state index contributed by atoms with van der Waals surface area (Å²) in [5, 5.41) is 8.68. The van der Waals surface area contributed by atoms with Gasteiger partial charge in [-0.25, -0.2) is 13.6 Å². The number of aryl methyl sites for hydroxylation is 1. The standard InChI is InChI=1S/C14H10F2O3/c1-8-4-2-3-5-12(8)19-13-10(15)6-9(14(17)18)7-11(13)16/h2-7H,1H3,(H,17,18). The Morgan fingerprint density at radius 1 is 1.16 bits per heavy atom. The summed E-state index contributed by atoms with van der Waals surface area (Å²) in [6.45, 7) is 1.73. The van der Waals surface area contributed by atoms with Crippen LogP contribution >= 0.6 is 0 Å². The third kappa shape index (κ3) is 2.70. The fraction of sp³-hybridized carbons (Fsp3) is 0.0714. The molecule has 0 atom stereocenters. The highest BCUT2D eigenvalue weighted by molar-refractivity contribution is 5.87. The minimum Gasteiger partial charge on any atom is -0.478 e. The molecule has 2 aromatic rings. The molecule has 19 heavy (non-hydrogen) atoms. The maximum Gasteiger partial charge on any atom is 0.335 e. The summed E-state index contributed by atoms with van der Waals surface area (Å²) < 4.78 is 32.5. The van der Waals surface area contributed by atoms with Gasteiger partial charge in [0.25, 0.3) is 0 Å². The highest BCUT2D eigenvalue weighted by Gasteiger charge is 2.17.